The highest BCUT2D eigenvalue weighted by atomic mass is 32.1. The molecule has 2 rings (SSSR count). The normalized spacial score (nSPS) is 11.0. The van der Waals surface area contributed by atoms with Crippen LogP contribution in [0.1, 0.15) is 11.1 Å². The molecule has 0 atom stereocenters. The maximum Gasteiger partial charge on any atom is 0.213 e. The highest BCUT2D eigenvalue weighted by Gasteiger charge is 1.97. The first-order chi connectivity index (χ1) is 10.2. The van der Waals surface area contributed by atoms with Crippen molar-refractivity contribution in [3.05, 3.63) is 59.7 Å². The second-order valence-corrected chi connectivity index (χ2v) is 4.44. The van der Waals surface area contributed by atoms with Gasteiger partial charge in [-0.25, -0.2) is 4.99 Å². The molecule has 0 aliphatic rings. The van der Waals surface area contributed by atoms with E-state index < -0.39 is 0 Å². The third-order valence-corrected chi connectivity index (χ3v) is 2.75. The molecular formula is C15H13N3O2S. The van der Waals surface area contributed by atoms with E-state index in [2.05, 4.69) is 15.5 Å². The van der Waals surface area contributed by atoms with Crippen LogP contribution in [-0.4, -0.2) is 27.8 Å². The SMILES string of the molecule is Oc1ccccc1/C=N/NC(=S)/N=C/c1ccccc1O. The summed E-state index contributed by atoms with van der Waals surface area (Å²) in [5.41, 5.74) is 3.69. The van der Waals surface area contributed by atoms with Crippen LogP contribution in [0.2, 0.25) is 0 Å². The summed E-state index contributed by atoms with van der Waals surface area (Å²) in [6.07, 6.45) is 2.89. The molecule has 6 heteroatoms. The molecule has 0 heterocycles. The van der Waals surface area contributed by atoms with Gasteiger partial charge in [-0.05, 0) is 36.5 Å². The van der Waals surface area contributed by atoms with Gasteiger partial charge in [0.05, 0.1) is 6.21 Å². The molecule has 5 nitrogen and oxygen atoms in total. The lowest BCUT2D eigenvalue weighted by Crippen LogP contribution is -2.12. The van der Waals surface area contributed by atoms with Gasteiger partial charge in [-0.2, -0.15) is 5.10 Å². The van der Waals surface area contributed by atoms with E-state index in [1.165, 1.54) is 12.4 Å². The van der Waals surface area contributed by atoms with E-state index in [0.717, 1.165) is 0 Å². The molecule has 2 aromatic rings. The summed E-state index contributed by atoms with van der Waals surface area (Å²) in [5.74, 6) is 0.258. The summed E-state index contributed by atoms with van der Waals surface area (Å²) in [6, 6.07) is 13.6. The van der Waals surface area contributed by atoms with Gasteiger partial charge in [0.25, 0.3) is 0 Å². The molecule has 0 radical (unpaired) electrons. The number of hydrogen-bond acceptors (Lipinski definition) is 4. The second kappa shape index (κ2) is 7.16. The fraction of sp³-hybridized carbons (Fsp3) is 0. The Bertz CT molecular complexity index is 699. The number of phenols is 2. The van der Waals surface area contributed by atoms with Crippen molar-refractivity contribution in [2.24, 2.45) is 10.1 Å². The van der Waals surface area contributed by atoms with E-state index in [1.807, 2.05) is 0 Å². The van der Waals surface area contributed by atoms with E-state index >= 15 is 0 Å². The van der Waals surface area contributed by atoms with E-state index in [9.17, 15) is 10.2 Å². The second-order valence-electron chi connectivity index (χ2n) is 4.05. The van der Waals surface area contributed by atoms with Crippen molar-refractivity contribution in [3.63, 3.8) is 0 Å². The number of nitrogens with zero attached hydrogens (tertiary/aromatic N) is 2. The predicted molar refractivity (Wildman–Crippen MR) is 87.1 cm³/mol. The third-order valence-electron chi connectivity index (χ3n) is 2.56. The van der Waals surface area contributed by atoms with E-state index in [0.29, 0.717) is 11.1 Å². The molecule has 0 saturated heterocycles. The molecule has 0 spiro atoms. The number of aliphatic imine (C=N–C) groups is 1. The van der Waals surface area contributed by atoms with Gasteiger partial charge in [0.1, 0.15) is 11.5 Å². The Morgan fingerprint density at radius 1 is 0.905 bits per heavy atom. The first-order valence-corrected chi connectivity index (χ1v) is 6.51. The monoisotopic (exact) mass is 299 g/mol. The summed E-state index contributed by atoms with van der Waals surface area (Å²) in [6.45, 7) is 0. The predicted octanol–water partition coefficient (Wildman–Crippen LogP) is 2.43. The van der Waals surface area contributed by atoms with Crippen molar-refractivity contribution in [1.82, 2.24) is 5.43 Å². The van der Waals surface area contributed by atoms with Crippen LogP contribution in [0, 0.1) is 0 Å². The minimum atomic E-state index is 0.127. The average Bonchev–Trinajstić information content (AvgIpc) is 2.48. The minimum absolute atomic E-state index is 0.127. The van der Waals surface area contributed by atoms with Crippen molar-refractivity contribution in [3.8, 4) is 11.5 Å². The zero-order chi connectivity index (χ0) is 15.1. The first-order valence-electron chi connectivity index (χ1n) is 6.10. The Hall–Kier alpha value is -2.73. The Balaban J connectivity index is 1.94. The van der Waals surface area contributed by atoms with Gasteiger partial charge < -0.3 is 10.2 Å². The summed E-state index contributed by atoms with van der Waals surface area (Å²) < 4.78 is 0. The van der Waals surface area contributed by atoms with Gasteiger partial charge in [0.15, 0.2) is 0 Å². The number of hydrazone groups is 1. The lowest BCUT2D eigenvalue weighted by Gasteiger charge is -1.99. The van der Waals surface area contributed by atoms with E-state index in [4.69, 9.17) is 12.2 Å². The Labute approximate surface area is 127 Å². The first kappa shape index (κ1) is 14.7. The molecule has 0 unspecified atom stereocenters. The average molecular weight is 299 g/mol. The van der Waals surface area contributed by atoms with Crippen LogP contribution in [0.4, 0.5) is 0 Å². The Morgan fingerprint density at radius 2 is 1.43 bits per heavy atom. The summed E-state index contributed by atoms with van der Waals surface area (Å²) >= 11 is 4.98. The number of nitrogens with one attached hydrogen (secondary N) is 1. The van der Waals surface area contributed by atoms with Crippen molar-refractivity contribution in [1.29, 1.82) is 0 Å². The number of aromatic hydroxyl groups is 2. The number of benzene rings is 2. The lowest BCUT2D eigenvalue weighted by molar-refractivity contribution is 0.474. The molecule has 0 bridgehead atoms. The number of rotatable bonds is 3. The molecule has 0 fully saturated rings. The fourth-order valence-electron chi connectivity index (χ4n) is 1.51. The van der Waals surface area contributed by atoms with Crippen molar-refractivity contribution in [2.45, 2.75) is 0 Å². The maximum atomic E-state index is 9.57. The molecule has 21 heavy (non-hydrogen) atoms. The van der Waals surface area contributed by atoms with Crippen LogP contribution in [0.25, 0.3) is 0 Å². The fourth-order valence-corrected chi connectivity index (χ4v) is 1.61. The smallest absolute Gasteiger partial charge is 0.213 e. The molecule has 106 valence electrons. The van der Waals surface area contributed by atoms with Crippen molar-refractivity contribution in [2.75, 3.05) is 0 Å². The largest absolute Gasteiger partial charge is 0.507 e. The summed E-state index contributed by atoms with van der Waals surface area (Å²) in [4.78, 5) is 3.97. The molecular weight excluding hydrogens is 286 g/mol. The van der Waals surface area contributed by atoms with E-state index in [-0.39, 0.29) is 16.6 Å². The summed E-state index contributed by atoms with van der Waals surface area (Å²) in [7, 11) is 0. The Kier molecular flexibility index (Phi) is 5.00. The topological polar surface area (TPSA) is 77.2 Å². The van der Waals surface area contributed by atoms with Gasteiger partial charge in [0.2, 0.25) is 5.11 Å². The van der Waals surface area contributed by atoms with Crippen LogP contribution in [0.15, 0.2) is 58.6 Å². The molecule has 0 aromatic heterocycles. The molecule has 2 aromatic carbocycles. The van der Waals surface area contributed by atoms with Gasteiger partial charge in [0, 0.05) is 17.3 Å². The number of phenolic OH excluding ortho intramolecular Hbond substituents is 2. The van der Waals surface area contributed by atoms with Crippen LogP contribution in [0.5, 0.6) is 11.5 Å². The molecule has 0 saturated carbocycles. The Morgan fingerprint density at radius 3 is 2.00 bits per heavy atom. The standard InChI is InChI=1S/C15H13N3O2S/c19-13-7-3-1-5-11(13)9-16-15(21)18-17-10-12-6-2-4-8-14(12)20/h1-10,19-20H,(H,18,21)/b16-9+,17-10+. The third kappa shape index (κ3) is 4.39. The zero-order valence-electron chi connectivity index (χ0n) is 11.0. The number of hydrogen-bond donors (Lipinski definition) is 3. The van der Waals surface area contributed by atoms with Crippen LogP contribution in [0.3, 0.4) is 0 Å². The minimum Gasteiger partial charge on any atom is -0.507 e. The molecule has 0 aliphatic carbocycles. The van der Waals surface area contributed by atoms with Gasteiger partial charge in [-0.15, -0.1) is 0 Å². The molecule has 0 amide bonds. The van der Waals surface area contributed by atoms with Gasteiger partial charge in [-0.3, -0.25) is 5.43 Å². The quantitative estimate of drug-likeness (QED) is 0.462. The summed E-state index contributed by atoms with van der Waals surface area (Å²) in [5, 5.41) is 23.1. The zero-order valence-corrected chi connectivity index (χ0v) is 11.8. The van der Waals surface area contributed by atoms with Crippen LogP contribution < -0.4 is 5.43 Å². The van der Waals surface area contributed by atoms with Gasteiger partial charge >= 0.3 is 0 Å². The van der Waals surface area contributed by atoms with Crippen LogP contribution >= 0.6 is 12.2 Å². The van der Waals surface area contributed by atoms with Gasteiger partial charge in [-0.1, -0.05) is 24.3 Å². The molecule has 0 aliphatic heterocycles. The maximum absolute atomic E-state index is 9.57. The van der Waals surface area contributed by atoms with Crippen molar-refractivity contribution >= 4 is 29.8 Å². The van der Waals surface area contributed by atoms with E-state index in [1.54, 1.807) is 48.5 Å². The van der Waals surface area contributed by atoms with Crippen LogP contribution in [-0.2, 0) is 0 Å². The molecule has 3 N–H and O–H groups in total. The van der Waals surface area contributed by atoms with Crippen molar-refractivity contribution < 1.29 is 10.2 Å². The number of thiocarbonyl (C=S) groups is 1. The highest BCUT2D eigenvalue weighted by molar-refractivity contribution is 7.80. The lowest BCUT2D eigenvalue weighted by atomic mass is 10.2. The number of para-hydroxylation sites is 2. The highest BCUT2D eigenvalue weighted by Crippen LogP contribution is 2.13.